The third kappa shape index (κ3) is 2.38. The molecule has 17 heavy (non-hydrogen) atoms. The van der Waals surface area contributed by atoms with Gasteiger partial charge in [-0.25, -0.2) is 4.39 Å². The molecule has 2 rings (SSSR count). The SMILES string of the molecule is C=C1CCCN(C(C)c2ccc(F)cc2)C1=O. The lowest BCUT2D eigenvalue weighted by Crippen LogP contribution is -2.38. The lowest BCUT2D eigenvalue weighted by Gasteiger charge is -2.33. The number of piperidine rings is 1. The van der Waals surface area contributed by atoms with Crippen LogP contribution < -0.4 is 0 Å². The molecule has 0 radical (unpaired) electrons. The first-order valence-electron chi connectivity index (χ1n) is 5.84. The molecule has 1 amide bonds. The first-order chi connectivity index (χ1) is 8.09. The van der Waals surface area contributed by atoms with Gasteiger partial charge < -0.3 is 4.90 Å². The monoisotopic (exact) mass is 233 g/mol. The number of nitrogens with zero attached hydrogens (tertiary/aromatic N) is 1. The minimum absolute atomic E-state index is 0.0214. The number of benzene rings is 1. The molecule has 0 bridgehead atoms. The Bertz CT molecular complexity index is 438. The number of halogens is 1. The van der Waals surface area contributed by atoms with Crippen LogP contribution in [0.15, 0.2) is 36.4 Å². The number of likely N-dealkylation sites (tertiary alicyclic amines) is 1. The van der Waals surface area contributed by atoms with Crippen molar-refractivity contribution in [3.63, 3.8) is 0 Å². The average molecular weight is 233 g/mol. The van der Waals surface area contributed by atoms with E-state index in [1.165, 1.54) is 12.1 Å². The van der Waals surface area contributed by atoms with Crippen molar-refractivity contribution in [1.82, 2.24) is 4.90 Å². The van der Waals surface area contributed by atoms with Gasteiger partial charge >= 0.3 is 0 Å². The molecular weight excluding hydrogens is 217 g/mol. The zero-order valence-electron chi connectivity index (χ0n) is 9.95. The summed E-state index contributed by atoms with van der Waals surface area (Å²) in [5, 5.41) is 0. The van der Waals surface area contributed by atoms with Gasteiger partial charge in [0.25, 0.3) is 0 Å². The summed E-state index contributed by atoms with van der Waals surface area (Å²) < 4.78 is 12.8. The molecule has 1 atom stereocenters. The Labute approximate surface area is 101 Å². The quantitative estimate of drug-likeness (QED) is 0.719. The van der Waals surface area contributed by atoms with E-state index in [1.54, 1.807) is 17.0 Å². The third-order valence-electron chi connectivity index (χ3n) is 3.26. The van der Waals surface area contributed by atoms with E-state index < -0.39 is 0 Å². The largest absolute Gasteiger partial charge is 0.332 e. The summed E-state index contributed by atoms with van der Waals surface area (Å²) in [6.07, 6.45) is 1.74. The van der Waals surface area contributed by atoms with Gasteiger partial charge in [0.05, 0.1) is 6.04 Å². The number of rotatable bonds is 2. The molecule has 1 aliphatic rings. The highest BCUT2D eigenvalue weighted by atomic mass is 19.1. The van der Waals surface area contributed by atoms with Gasteiger partial charge in [-0.1, -0.05) is 18.7 Å². The highest BCUT2D eigenvalue weighted by molar-refractivity contribution is 5.93. The van der Waals surface area contributed by atoms with E-state index in [9.17, 15) is 9.18 Å². The summed E-state index contributed by atoms with van der Waals surface area (Å²) >= 11 is 0. The van der Waals surface area contributed by atoms with Crippen molar-refractivity contribution in [2.45, 2.75) is 25.8 Å². The second kappa shape index (κ2) is 4.70. The van der Waals surface area contributed by atoms with E-state index in [4.69, 9.17) is 0 Å². The number of amides is 1. The predicted molar refractivity (Wildman–Crippen MR) is 64.9 cm³/mol. The Morgan fingerprint density at radius 3 is 2.65 bits per heavy atom. The van der Waals surface area contributed by atoms with Crippen molar-refractivity contribution in [3.05, 3.63) is 47.8 Å². The molecule has 0 N–H and O–H groups in total. The Morgan fingerprint density at radius 2 is 2.00 bits per heavy atom. The second-order valence-corrected chi connectivity index (χ2v) is 4.43. The molecule has 1 aromatic carbocycles. The van der Waals surface area contributed by atoms with Crippen LogP contribution in [0, 0.1) is 5.82 Å². The van der Waals surface area contributed by atoms with Crippen molar-refractivity contribution in [2.24, 2.45) is 0 Å². The van der Waals surface area contributed by atoms with Crippen LogP contribution in [0.3, 0.4) is 0 Å². The Kier molecular flexibility index (Phi) is 3.27. The molecule has 3 heteroatoms. The van der Waals surface area contributed by atoms with Crippen molar-refractivity contribution in [1.29, 1.82) is 0 Å². The van der Waals surface area contributed by atoms with Crippen LogP contribution in [-0.2, 0) is 4.79 Å². The van der Waals surface area contributed by atoms with Crippen LogP contribution in [0.2, 0.25) is 0 Å². The molecule has 2 nitrogen and oxygen atoms in total. The molecule has 0 spiro atoms. The standard InChI is InChI=1S/C14H16FNO/c1-10-4-3-9-16(14(10)17)11(2)12-5-7-13(15)8-6-12/h5-8,11H,1,3-4,9H2,2H3. The van der Waals surface area contributed by atoms with Crippen LogP contribution in [-0.4, -0.2) is 17.4 Å². The molecule has 0 saturated carbocycles. The zero-order chi connectivity index (χ0) is 12.4. The molecule has 1 aliphatic heterocycles. The fourth-order valence-electron chi connectivity index (χ4n) is 2.17. The van der Waals surface area contributed by atoms with Crippen molar-refractivity contribution in [3.8, 4) is 0 Å². The summed E-state index contributed by atoms with van der Waals surface area (Å²) in [4.78, 5) is 13.8. The molecular formula is C14H16FNO. The highest BCUT2D eigenvalue weighted by Crippen LogP contribution is 2.26. The molecule has 1 fully saturated rings. The van der Waals surface area contributed by atoms with Gasteiger partial charge in [-0.2, -0.15) is 0 Å². The minimum Gasteiger partial charge on any atom is -0.332 e. The van der Waals surface area contributed by atoms with Crippen molar-refractivity contribution in [2.75, 3.05) is 6.54 Å². The zero-order valence-corrected chi connectivity index (χ0v) is 9.95. The highest BCUT2D eigenvalue weighted by Gasteiger charge is 2.26. The molecule has 1 aromatic rings. The summed E-state index contributed by atoms with van der Waals surface area (Å²) in [5.74, 6) is -0.233. The van der Waals surface area contributed by atoms with E-state index >= 15 is 0 Å². The van der Waals surface area contributed by atoms with Crippen LogP contribution in [0.25, 0.3) is 0 Å². The van der Waals surface area contributed by atoms with Crippen LogP contribution in [0.1, 0.15) is 31.4 Å². The van der Waals surface area contributed by atoms with E-state index in [2.05, 4.69) is 6.58 Å². The summed E-state index contributed by atoms with van der Waals surface area (Å²) in [6, 6.07) is 6.28. The van der Waals surface area contributed by atoms with Gasteiger partial charge in [0.1, 0.15) is 5.82 Å². The molecule has 0 aromatic heterocycles. The lowest BCUT2D eigenvalue weighted by molar-refractivity contribution is -0.130. The van der Waals surface area contributed by atoms with Gasteiger partial charge in [-0.3, -0.25) is 4.79 Å². The summed E-state index contributed by atoms with van der Waals surface area (Å²) in [6.45, 7) is 6.49. The van der Waals surface area contributed by atoms with Crippen LogP contribution >= 0.6 is 0 Å². The Hall–Kier alpha value is -1.64. The normalized spacial score (nSPS) is 18.4. The summed E-state index contributed by atoms with van der Waals surface area (Å²) in [7, 11) is 0. The van der Waals surface area contributed by atoms with Crippen molar-refractivity contribution >= 4 is 5.91 Å². The number of hydrogen-bond donors (Lipinski definition) is 0. The fourth-order valence-corrected chi connectivity index (χ4v) is 2.17. The van der Waals surface area contributed by atoms with E-state index in [1.807, 2.05) is 6.92 Å². The molecule has 0 aliphatic carbocycles. The maximum atomic E-state index is 12.8. The minimum atomic E-state index is -0.254. The first-order valence-corrected chi connectivity index (χ1v) is 5.84. The van der Waals surface area contributed by atoms with Crippen LogP contribution in [0.5, 0.6) is 0 Å². The van der Waals surface area contributed by atoms with Gasteiger partial charge in [0.2, 0.25) is 5.91 Å². The van der Waals surface area contributed by atoms with Gasteiger partial charge in [0, 0.05) is 12.1 Å². The Balaban J connectivity index is 2.19. The van der Waals surface area contributed by atoms with E-state index in [0.29, 0.717) is 5.57 Å². The number of hydrogen-bond acceptors (Lipinski definition) is 1. The third-order valence-corrected chi connectivity index (χ3v) is 3.26. The topological polar surface area (TPSA) is 20.3 Å². The Morgan fingerprint density at radius 1 is 1.35 bits per heavy atom. The van der Waals surface area contributed by atoms with Crippen molar-refractivity contribution < 1.29 is 9.18 Å². The lowest BCUT2D eigenvalue weighted by atomic mass is 10.0. The van der Waals surface area contributed by atoms with E-state index in [0.717, 1.165) is 24.9 Å². The molecule has 1 heterocycles. The molecule has 90 valence electrons. The predicted octanol–water partition coefficient (Wildman–Crippen LogP) is 3.07. The van der Waals surface area contributed by atoms with Gasteiger partial charge in [-0.15, -0.1) is 0 Å². The smallest absolute Gasteiger partial charge is 0.249 e. The molecule has 1 saturated heterocycles. The average Bonchev–Trinajstić information content (AvgIpc) is 2.33. The second-order valence-electron chi connectivity index (χ2n) is 4.43. The van der Waals surface area contributed by atoms with Gasteiger partial charge in [0.15, 0.2) is 0 Å². The number of carbonyl (C=O) groups is 1. The first kappa shape index (κ1) is 11.8. The summed E-state index contributed by atoms with van der Waals surface area (Å²) in [5.41, 5.74) is 1.62. The fraction of sp³-hybridized carbons (Fsp3) is 0.357. The maximum absolute atomic E-state index is 12.8. The number of carbonyl (C=O) groups excluding carboxylic acids is 1. The molecule has 1 unspecified atom stereocenters. The van der Waals surface area contributed by atoms with Gasteiger partial charge in [-0.05, 0) is 37.5 Å². The van der Waals surface area contributed by atoms with E-state index in [-0.39, 0.29) is 17.8 Å². The maximum Gasteiger partial charge on any atom is 0.249 e. The van der Waals surface area contributed by atoms with Crippen LogP contribution in [0.4, 0.5) is 4.39 Å².